The summed E-state index contributed by atoms with van der Waals surface area (Å²) in [6.45, 7) is 0.859. The molecule has 0 unspecified atom stereocenters. The number of aliphatic hydroxyl groups excluding tert-OH is 1. The molecule has 0 radical (unpaired) electrons. The molecule has 3 nitrogen and oxygen atoms in total. The van der Waals surface area contributed by atoms with Gasteiger partial charge in [-0.15, -0.1) is 0 Å². The Hall–Kier alpha value is -1.06. The minimum atomic E-state index is 0.196. The molecular weight excluding hydrogens is 202 g/mol. The second-order valence-corrected chi connectivity index (χ2v) is 4.19. The van der Waals surface area contributed by atoms with Crippen LogP contribution in [-0.4, -0.2) is 25.4 Å². The predicted octanol–water partition coefficient (Wildman–Crippen LogP) is 1.65. The zero-order valence-corrected chi connectivity index (χ0v) is 9.70. The van der Waals surface area contributed by atoms with Crippen molar-refractivity contribution in [3.8, 4) is 5.75 Å². The van der Waals surface area contributed by atoms with E-state index in [1.807, 2.05) is 6.07 Å². The summed E-state index contributed by atoms with van der Waals surface area (Å²) in [6, 6.07) is 6.67. The first-order valence-corrected chi connectivity index (χ1v) is 5.86. The van der Waals surface area contributed by atoms with Gasteiger partial charge >= 0.3 is 0 Å². The van der Waals surface area contributed by atoms with Crippen molar-refractivity contribution >= 4 is 0 Å². The highest BCUT2D eigenvalue weighted by molar-refractivity contribution is 5.39. The summed E-state index contributed by atoms with van der Waals surface area (Å²) < 4.78 is 5.24. The Labute approximate surface area is 96.4 Å². The standard InChI is InChI=1S/C13H19NO2/c1-16-11-5-6-12-10(9-11)3-2-4-13(12)14-7-8-15/h5-6,9,13-15H,2-4,7-8H2,1H3/t13-/m0/s1. The minimum Gasteiger partial charge on any atom is -0.497 e. The van der Waals surface area contributed by atoms with E-state index < -0.39 is 0 Å². The first-order valence-electron chi connectivity index (χ1n) is 5.86. The van der Waals surface area contributed by atoms with Gasteiger partial charge in [-0.25, -0.2) is 0 Å². The SMILES string of the molecule is COc1ccc2c(c1)CCC[C@@H]2NCCO. The molecule has 0 bridgehead atoms. The second kappa shape index (κ2) is 5.32. The summed E-state index contributed by atoms with van der Waals surface area (Å²) in [7, 11) is 1.70. The number of aliphatic hydroxyl groups is 1. The molecule has 3 heteroatoms. The van der Waals surface area contributed by atoms with Crippen LogP contribution >= 0.6 is 0 Å². The molecule has 1 aliphatic carbocycles. The van der Waals surface area contributed by atoms with Crippen LogP contribution in [0.2, 0.25) is 0 Å². The van der Waals surface area contributed by atoms with Crippen LogP contribution in [0.15, 0.2) is 18.2 Å². The van der Waals surface area contributed by atoms with Crippen molar-refractivity contribution in [2.45, 2.75) is 25.3 Å². The summed E-state index contributed by atoms with van der Waals surface area (Å²) in [5.41, 5.74) is 2.74. The molecule has 0 saturated heterocycles. The number of benzene rings is 1. The molecule has 1 aromatic rings. The molecule has 0 amide bonds. The van der Waals surface area contributed by atoms with E-state index >= 15 is 0 Å². The van der Waals surface area contributed by atoms with Gasteiger partial charge in [0.25, 0.3) is 0 Å². The van der Waals surface area contributed by atoms with Gasteiger partial charge in [-0.1, -0.05) is 6.07 Å². The summed E-state index contributed by atoms with van der Waals surface area (Å²) in [6.07, 6.45) is 3.48. The zero-order chi connectivity index (χ0) is 11.4. The third-order valence-corrected chi connectivity index (χ3v) is 3.17. The summed E-state index contributed by atoms with van der Waals surface area (Å²) in [5, 5.41) is 12.2. The van der Waals surface area contributed by atoms with E-state index in [4.69, 9.17) is 9.84 Å². The van der Waals surface area contributed by atoms with Gasteiger partial charge in [-0.3, -0.25) is 0 Å². The highest BCUT2D eigenvalue weighted by Gasteiger charge is 2.19. The van der Waals surface area contributed by atoms with E-state index in [0.717, 1.165) is 18.6 Å². The van der Waals surface area contributed by atoms with Crippen LogP contribution in [0.5, 0.6) is 5.75 Å². The predicted molar refractivity (Wildman–Crippen MR) is 63.8 cm³/mol. The fraction of sp³-hybridized carbons (Fsp3) is 0.538. The summed E-state index contributed by atoms with van der Waals surface area (Å²) in [5.74, 6) is 0.932. The van der Waals surface area contributed by atoms with E-state index in [0.29, 0.717) is 12.6 Å². The zero-order valence-electron chi connectivity index (χ0n) is 9.70. The fourth-order valence-corrected chi connectivity index (χ4v) is 2.37. The molecule has 16 heavy (non-hydrogen) atoms. The van der Waals surface area contributed by atoms with Crippen LogP contribution in [0.25, 0.3) is 0 Å². The lowest BCUT2D eigenvalue weighted by atomic mass is 9.87. The quantitative estimate of drug-likeness (QED) is 0.812. The fourth-order valence-electron chi connectivity index (χ4n) is 2.37. The summed E-state index contributed by atoms with van der Waals surface area (Å²) >= 11 is 0. The van der Waals surface area contributed by atoms with Crippen LogP contribution < -0.4 is 10.1 Å². The number of hydrogen-bond acceptors (Lipinski definition) is 3. The Morgan fingerprint density at radius 2 is 2.38 bits per heavy atom. The molecule has 0 saturated carbocycles. The topological polar surface area (TPSA) is 41.5 Å². The van der Waals surface area contributed by atoms with E-state index in [1.54, 1.807) is 7.11 Å². The van der Waals surface area contributed by atoms with Gasteiger partial charge in [-0.05, 0) is 42.5 Å². The molecule has 2 rings (SSSR count). The van der Waals surface area contributed by atoms with E-state index in [1.165, 1.54) is 17.5 Å². The van der Waals surface area contributed by atoms with Crippen LogP contribution in [0, 0.1) is 0 Å². The molecule has 0 fully saturated rings. The Morgan fingerprint density at radius 1 is 1.50 bits per heavy atom. The van der Waals surface area contributed by atoms with Crippen LogP contribution in [-0.2, 0) is 6.42 Å². The lowest BCUT2D eigenvalue weighted by molar-refractivity contribution is 0.280. The minimum absolute atomic E-state index is 0.196. The van der Waals surface area contributed by atoms with Gasteiger partial charge in [0.2, 0.25) is 0 Å². The van der Waals surface area contributed by atoms with Crippen LogP contribution in [0.3, 0.4) is 0 Å². The average Bonchev–Trinajstić information content (AvgIpc) is 2.35. The third-order valence-electron chi connectivity index (χ3n) is 3.17. The van der Waals surface area contributed by atoms with E-state index in [9.17, 15) is 0 Å². The van der Waals surface area contributed by atoms with E-state index in [-0.39, 0.29) is 6.61 Å². The lowest BCUT2D eigenvalue weighted by Crippen LogP contribution is -2.27. The summed E-state index contributed by atoms with van der Waals surface area (Å²) in [4.78, 5) is 0. The number of hydrogen-bond donors (Lipinski definition) is 2. The first kappa shape index (κ1) is 11.4. The number of rotatable bonds is 4. The number of aryl methyl sites for hydroxylation is 1. The molecule has 1 aliphatic rings. The molecule has 1 atom stereocenters. The molecule has 0 heterocycles. The van der Waals surface area contributed by atoms with Crippen molar-refractivity contribution in [1.82, 2.24) is 5.32 Å². The van der Waals surface area contributed by atoms with Crippen molar-refractivity contribution in [3.63, 3.8) is 0 Å². The second-order valence-electron chi connectivity index (χ2n) is 4.19. The first-order chi connectivity index (χ1) is 7.85. The smallest absolute Gasteiger partial charge is 0.119 e. The Bertz CT molecular complexity index is 352. The molecule has 2 N–H and O–H groups in total. The maximum absolute atomic E-state index is 8.84. The van der Waals surface area contributed by atoms with Crippen molar-refractivity contribution in [2.24, 2.45) is 0 Å². The third kappa shape index (κ3) is 2.36. The molecular formula is C13H19NO2. The highest BCUT2D eigenvalue weighted by atomic mass is 16.5. The number of ether oxygens (including phenoxy) is 1. The van der Waals surface area contributed by atoms with Crippen molar-refractivity contribution in [1.29, 1.82) is 0 Å². The normalized spacial score (nSPS) is 19.2. The largest absolute Gasteiger partial charge is 0.497 e. The van der Waals surface area contributed by atoms with Gasteiger partial charge in [-0.2, -0.15) is 0 Å². The van der Waals surface area contributed by atoms with Gasteiger partial charge in [0, 0.05) is 12.6 Å². The molecule has 88 valence electrons. The van der Waals surface area contributed by atoms with Crippen molar-refractivity contribution < 1.29 is 9.84 Å². The van der Waals surface area contributed by atoms with Crippen LogP contribution in [0.4, 0.5) is 0 Å². The number of fused-ring (bicyclic) bond motifs is 1. The van der Waals surface area contributed by atoms with Crippen molar-refractivity contribution in [3.05, 3.63) is 29.3 Å². The van der Waals surface area contributed by atoms with Gasteiger partial charge in [0.05, 0.1) is 13.7 Å². The Kier molecular flexibility index (Phi) is 3.80. The van der Waals surface area contributed by atoms with Crippen LogP contribution in [0.1, 0.15) is 30.0 Å². The molecule has 0 aromatic heterocycles. The number of methoxy groups -OCH3 is 1. The van der Waals surface area contributed by atoms with Crippen molar-refractivity contribution in [2.75, 3.05) is 20.3 Å². The Balaban J connectivity index is 2.18. The van der Waals surface area contributed by atoms with Gasteiger partial charge < -0.3 is 15.2 Å². The average molecular weight is 221 g/mol. The molecule has 0 aliphatic heterocycles. The lowest BCUT2D eigenvalue weighted by Gasteiger charge is -2.26. The maximum Gasteiger partial charge on any atom is 0.119 e. The Morgan fingerprint density at radius 3 is 3.12 bits per heavy atom. The molecule has 0 spiro atoms. The highest BCUT2D eigenvalue weighted by Crippen LogP contribution is 2.31. The number of nitrogens with one attached hydrogen (secondary N) is 1. The maximum atomic E-state index is 8.84. The molecule has 1 aromatic carbocycles. The van der Waals surface area contributed by atoms with Gasteiger partial charge in [0.15, 0.2) is 0 Å². The van der Waals surface area contributed by atoms with Gasteiger partial charge in [0.1, 0.15) is 5.75 Å². The monoisotopic (exact) mass is 221 g/mol. The van der Waals surface area contributed by atoms with E-state index in [2.05, 4.69) is 17.4 Å².